The van der Waals surface area contributed by atoms with Gasteiger partial charge in [-0.25, -0.2) is 0 Å². The Hall–Kier alpha value is -3.45. The molecule has 0 aliphatic rings. The second-order valence-corrected chi connectivity index (χ2v) is 7.25. The summed E-state index contributed by atoms with van der Waals surface area (Å²) in [5.74, 6) is 1.14. The second-order valence-electron chi connectivity index (χ2n) is 6.85. The molecule has 0 amide bonds. The molecular formula is C24H16ClF3NO3. The van der Waals surface area contributed by atoms with Gasteiger partial charge in [-0.2, -0.15) is 0 Å². The fraction of sp³-hybridized carbons (Fsp3) is 0.125. The van der Waals surface area contributed by atoms with Crippen molar-refractivity contribution in [3.05, 3.63) is 77.4 Å². The molecule has 163 valence electrons. The predicted octanol–water partition coefficient (Wildman–Crippen LogP) is 7.36. The van der Waals surface area contributed by atoms with Gasteiger partial charge in [0.15, 0.2) is 0 Å². The number of fused-ring (bicyclic) bond motifs is 1. The normalized spacial score (nSPS) is 11.4. The van der Waals surface area contributed by atoms with Crippen LogP contribution in [0.5, 0.6) is 23.0 Å². The average molecular weight is 459 g/mol. The lowest BCUT2D eigenvalue weighted by Gasteiger charge is -2.11. The number of rotatable bonds is 5. The smallest absolute Gasteiger partial charge is 0.495 e. The van der Waals surface area contributed by atoms with E-state index in [0.29, 0.717) is 22.3 Å². The summed E-state index contributed by atoms with van der Waals surface area (Å²) in [7, 11) is 1.55. The molecule has 0 aliphatic heterocycles. The van der Waals surface area contributed by atoms with Crippen LogP contribution in [0.4, 0.5) is 13.2 Å². The Morgan fingerprint density at radius 1 is 0.906 bits per heavy atom. The van der Waals surface area contributed by atoms with Crippen LogP contribution in [0, 0.1) is 13.0 Å². The highest BCUT2D eigenvalue weighted by Gasteiger charge is 2.31. The second kappa shape index (κ2) is 8.59. The fourth-order valence-corrected chi connectivity index (χ4v) is 3.41. The van der Waals surface area contributed by atoms with Crippen LogP contribution in [-0.2, 0) is 0 Å². The zero-order chi connectivity index (χ0) is 22.9. The van der Waals surface area contributed by atoms with Crippen LogP contribution in [-0.4, -0.2) is 18.5 Å². The van der Waals surface area contributed by atoms with Crippen molar-refractivity contribution in [1.29, 1.82) is 0 Å². The number of aromatic nitrogens is 1. The number of hydrogen-bond donors (Lipinski definition) is 0. The quantitative estimate of drug-likeness (QED) is 0.313. The van der Waals surface area contributed by atoms with E-state index in [1.54, 1.807) is 31.4 Å². The third kappa shape index (κ3) is 4.89. The first kappa shape index (κ1) is 21.8. The molecule has 1 aromatic heterocycles. The Bertz CT molecular complexity index is 1260. The minimum absolute atomic E-state index is 0.312. The van der Waals surface area contributed by atoms with Crippen LogP contribution in [0.1, 0.15) is 5.69 Å². The molecule has 1 heterocycles. The van der Waals surface area contributed by atoms with Gasteiger partial charge in [-0.05, 0) is 55.0 Å². The summed E-state index contributed by atoms with van der Waals surface area (Å²) in [5, 5.41) is 1.24. The molecule has 0 fully saturated rings. The third-order valence-corrected chi connectivity index (χ3v) is 4.91. The van der Waals surface area contributed by atoms with Crippen LogP contribution >= 0.6 is 11.6 Å². The molecule has 0 N–H and O–H groups in total. The van der Waals surface area contributed by atoms with E-state index in [1.165, 1.54) is 24.3 Å². The molecular weight excluding hydrogens is 443 g/mol. The first-order valence-corrected chi connectivity index (χ1v) is 9.81. The van der Waals surface area contributed by atoms with Crippen molar-refractivity contribution in [1.82, 2.24) is 4.98 Å². The van der Waals surface area contributed by atoms with Gasteiger partial charge in [-0.1, -0.05) is 23.7 Å². The SMILES string of the molecule is COc1cc2nc(C)c(-c3ccc(Oc4ccc(OC(F)(F)F)cc4)cc3)[c]c2cc1Cl. The van der Waals surface area contributed by atoms with E-state index in [1.807, 2.05) is 19.1 Å². The van der Waals surface area contributed by atoms with Gasteiger partial charge in [0.1, 0.15) is 23.0 Å². The Kier molecular flexibility index (Phi) is 5.84. The summed E-state index contributed by atoms with van der Waals surface area (Å²) in [5.41, 5.74) is 3.21. The van der Waals surface area contributed by atoms with E-state index in [0.717, 1.165) is 27.7 Å². The maximum absolute atomic E-state index is 12.3. The number of alkyl halides is 3. The number of benzene rings is 3. The lowest BCUT2D eigenvalue weighted by Crippen LogP contribution is -2.16. The zero-order valence-corrected chi connectivity index (χ0v) is 17.7. The molecule has 0 spiro atoms. The minimum Gasteiger partial charge on any atom is -0.495 e. The van der Waals surface area contributed by atoms with Crippen LogP contribution in [0.3, 0.4) is 0 Å². The van der Waals surface area contributed by atoms with Crippen LogP contribution in [0.25, 0.3) is 22.0 Å². The third-order valence-electron chi connectivity index (χ3n) is 4.62. The summed E-state index contributed by atoms with van der Waals surface area (Å²) in [6.45, 7) is 1.89. The topological polar surface area (TPSA) is 40.6 Å². The van der Waals surface area contributed by atoms with Gasteiger partial charge in [-0.15, -0.1) is 13.2 Å². The molecule has 0 saturated heterocycles. The minimum atomic E-state index is -4.73. The lowest BCUT2D eigenvalue weighted by atomic mass is 10.0. The van der Waals surface area contributed by atoms with Crippen molar-refractivity contribution in [3.63, 3.8) is 0 Å². The van der Waals surface area contributed by atoms with Crippen molar-refractivity contribution >= 4 is 22.5 Å². The maximum Gasteiger partial charge on any atom is 0.573 e. The first-order chi connectivity index (χ1) is 15.2. The number of ether oxygens (including phenoxy) is 3. The molecule has 0 atom stereocenters. The largest absolute Gasteiger partial charge is 0.573 e. The van der Waals surface area contributed by atoms with Gasteiger partial charge in [0, 0.05) is 28.8 Å². The van der Waals surface area contributed by atoms with E-state index in [-0.39, 0.29) is 5.75 Å². The zero-order valence-electron chi connectivity index (χ0n) is 17.0. The van der Waals surface area contributed by atoms with Gasteiger partial charge in [0.2, 0.25) is 0 Å². The molecule has 4 aromatic rings. The monoisotopic (exact) mass is 458 g/mol. The summed E-state index contributed by atoms with van der Waals surface area (Å²) in [6, 6.07) is 19.3. The molecule has 0 bridgehead atoms. The maximum atomic E-state index is 12.3. The number of halogens is 4. The van der Waals surface area contributed by atoms with E-state index < -0.39 is 6.36 Å². The van der Waals surface area contributed by atoms with Gasteiger partial charge in [-0.3, -0.25) is 4.98 Å². The molecule has 0 aliphatic carbocycles. The van der Waals surface area contributed by atoms with Gasteiger partial charge >= 0.3 is 6.36 Å². The summed E-state index contributed by atoms with van der Waals surface area (Å²) < 4.78 is 51.6. The summed E-state index contributed by atoms with van der Waals surface area (Å²) in [6.07, 6.45) is -4.73. The van der Waals surface area contributed by atoms with Crippen molar-refractivity contribution in [2.24, 2.45) is 0 Å². The van der Waals surface area contributed by atoms with E-state index in [4.69, 9.17) is 21.1 Å². The predicted molar refractivity (Wildman–Crippen MR) is 116 cm³/mol. The average Bonchev–Trinajstić information content (AvgIpc) is 2.74. The van der Waals surface area contributed by atoms with Crippen molar-refractivity contribution in [3.8, 4) is 34.1 Å². The molecule has 0 saturated carbocycles. The lowest BCUT2D eigenvalue weighted by molar-refractivity contribution is -0.274. The summed E-state index contributed by atoms with van der Waals surface area (Å²) in [4.78, 5) is 4.63. The number of pyridine rings is 1. The number of hydrogen-bond acceptors (Lipinski definition) is 4. The molecule has 0 unspecified atom stereocenters. The standard InChI is InChI=1S/C24H16ClF3NO3/c1-14-20(11-16-12-21(25)23(30-2)13-22(16)29-14)15-3-5-17(6-4-15)31-18-7-9-19(10-8-18)32-24(26,27)28/h3-10,12-13H,1-2H3. The van der Waals surface area contributed by atoms with Crippen molar-refractivity contribution in [2.45, 2.75) is 13.3 Å². The molecule has 3 aromatic carbocycles. The highest BCUT2D eigenvalue weighted by molar-refractivity contribution is 6.32. The number of aryl methyl sites for hydroxylation is 1. The van der Waals surface area contributed by atoms with Crippen LogP contribution < -0.4 is 14.2 Å². The highest BCUT2D eigenvalue weighted by atomic mass is 35.5. The van der Waals surface area contributed by atoms with Crippen molar-refractivity contribution < 1.29 is 27.4 Å². The Morgan fingerprint density at radius 2 is 1.50 bits per heavy atom. The van der Waals surface area contributed by atoms with Gasteiger partial charge in [0.05, 0.1) is 17.6 Å². The van der Waals surface area contributed by atoms with E-state index >= 15 is 0 Å². The van der Waals surface area contributed by atoms with Gasteiger partial charge in [0.25, 0.3) is 0 Å². The number of methoxy groups -OCH3 is 1. The van der Waals surface area contributed by atoms with Gasteiger partial charge < -0.3 is 14.2 Å². The Labute approximate surface area is 187 Å². The molecule has 32 heavy (non-hydrogen) atoms. The van der Waals surface area contributed by atoms with Crippen molar-refractivity contribution in [2.75, 3.05) is 7.11 Å². The number of nitrogens with zero attached hydrogens (tertiary/aromatic N) is 1. The fourth-order valence-electron chi connectivity index (χ4n) is 3.17. The molecule has 8 heteroatoms. The van der Waals surface area contributed by atoms with Crippen LogP contribution in [0.15, 0.2) is 60.7 Å². The van der Waals surface area contributed by atoms with E-state index in [2.05, 4.69) is 15.8 Å². The highest BCUT2D eigenvalue weighted by Crippen LogP contribution is 2.33. The summed E-state index contributed by atoms with van der Waals surface area (Å²) >= 11 is 6.23. The Morgan fingerprint density at radius 3 is 2.09 bits per heavy atom. The van der Waals surface area contributed by atoms with E-state index in [9.17, 15) is 13.2 Å². The van der Waals surface area contributed by atoms with Crippen LogP contribution in [0.2, 0.25) is 5.02 Å². The molecule has 4 nitrogen and oxygen atoms in total. The molecule has 4 rings (SSSR count). The first-order valence-electron chi connectivity index (χ1n) is 9.43. The molecule has 1 radical (unpaired) electrons. The Balaban J connectivity index is 1.54.